The Kier molecular flexibility index (Phi) is 6.67. The molecule has 0 spiro atoms. The maximum absolute atomic E-state index is 6.10. The van der Waals surface area contributed by atoms with Crippen LogP contribution in [0.1, 0.15) is 43.7 Å². The molecule has 2 aliphatic heterocycles. The van der Waals surface area contributed by atoms with Gasteiger partial charge in [-0.25, -0.2) is 9.97 Å². The van der Waals surface area contributed by atoms with Gasteiger partial charge < -0.3 is 24.4 Å². The minimum absolute atomic E-state index is 0.373. The second-order valence-electron chi connectivity index (χ2n) is 7.84. The number of nitrogens with one attached hydrogen (secondary N) is 1. The first-order valence-electron chi connectivity index (χ1n) is 10.8. The highest BCUT2D eigenvalue weighted by molar-refractivity contribution is 5.86. The molecule has 2 saturated heterocycles. The summed E-state index contributed by atoms with van der Waals surface area (Å²) in [5.41, 5.74) is 1.96. The summed E-state index contributed by atoms with van der Waals surface area (Å²) in [7, 11) is 3.55. The van der Waals surface area contributed by atoms with Crippen molar-refractivity contribution in [3.63, 3.8) is 0 Å². The number of nitrogens with zero attached hydrogens (tertiary/aromatic N) is 3. The van der Waals surface area contributed by atoms with Gasteiger partial charge in [0.2, 0.25) is 5.95 Å². The molecule has 0 atom stereocenters. The van der Waals surface area contributed by atoms with Crippen molar-refractivity contribution in [2.75, 3.05) is 58.9 Å². The molecule has 2 fully saturated rings. The van der Waals surface area contributed by atoms with Crippen LogP contribution in [0, 0.1) is 0 Å². The molecule has 7 heteroatoms. The molecule has 0 amide bonds. The number of hydrogen-bond acceptors (Lipinski definition) is 7. The van der Waals surface area contributed by atoms with Crippen LogP contribution in [0.5, 0.6) is 11.5 Å². The first-order chi connectivity index (χ1) is 14.3. The molecule has 2 aliphatic rings. The summed E-state index contributed by atoms with van der Waals surface area (Å²) in [6, 6.07) is 4.03. The Morgan fingerprint density at radius 1 is 1.14 bits per heavy atom. The lowest BCUT2D eigenvalue weighted by molar-refractivity contribution is 0.0848. The number of anilines is 1. The Bertz CT molecular complexity index is 817. The highest BCUT2D eigenvalue weighted by atomic mass is 16.5. The second-order valence-corrected chi connectivity index (χ2v) is 7.84. The molecule has 1 aromatic heterocycles. The third kappa shape index (κ3) is 4.73. The molecule has 158 valence electrons. The molecule has 29 heavy (non-hydrogen) atoms. The maximum Gasteiger partial charge on any atom is 0.223 e. The third-order valence-corrected chi connectivity index (χ3v) is 5.92. The van der Waals surface area contributed by atoms with Crippen molar-refractivity contribution >= 4 is 16.9 Å². The first-order valence-corrected chi connectivity index (χ1v) is 10.8. The zero-order valence-corrected chi connectivity index (χ0v) is 17.6. The minimum Gasteiger partial charge on any atom is -0.493 e. The Morgan fingerprint density at radius 3 is 2.66 bits per heavy atom. The average molecular weight is 401 g/mol. The van der Waals surface area contributed by atoms with Crippen LogP contribution in [0.4, 0.5) is 5.95 Å². The van der Waals surface area contributed by atoms with E-state index in [4.69, 9.17) is 19.2 Å². The van der Waals surface area contributed by atoms with Crippen molar-refractivity contribution in [1.29, 1.82) is 0 Å². The molecule has 0 unspecified atom stereocenters. The van der Waals surface area contributed by atoms with Crippen LogP contribution >= 0.6 is 0 Å². The van der Waals surface area contributed by atoms with Crippen molar-refractivity contribution in [3.05, 3.63) is 17.8 Å². The smallest absolute Gasteiger partial charge is 0.223 e. The van der Waals surface area contributed by atoms with Crippen LogP contribution in [-0.4, -0.2) is 68.5 Å². The lowest BCUT2D eigenvalue weighted by Crippen LogP contribution is -2.22. The van der Waals surface area contributed by atoms with Gasteiger partial charge in [0.25, 0.3) is 0 Å². The Morgan fingerprint density at radius 2 is 1.93 bits per heavy atom. The zero-order chi connectivity index (χ0) is 20.1. The molecule has 0 radical (unpaired) electrons. The van der Waals surface area contributed by atoms with Gasteiger partial charge in [0, 0.05) is 44.2 Å². The normalized spacial score (nSPS) is 18.3. The molecule has 7 nitrogen and oxygen atoms in total. The fourth-order valence-electron chi connectivity index (χ4n) is 4.30. The minimum atomic E-state index is 0.373. The predicted molar refractivity (Wildman–Crippen MR) is 114 cm³/mol. The molecular formula is C22H32N4O3. The molecule has 1 aromatic carbocycles. The van der Waals surface area contributed by atoms with Gasteiger partial charge in [-0.3, -0.25) is 0 Å². The Hall–Kier alpha value is -2.12. The van der Waals surface area contributed by atoms with Gasteiger partial charge in [-0.1, -0.05) is 0 Å². The Labute approximate surface area is 172 Å². The molecule has 0 saturated carbocycles. The summed E-state index contributed by atoms with van der Waals surface area (Å²) in [5.74, 6) is 2.51. The number of methoxy groups -OCH3 is 1. The summed E-state index contributed by atoms with van der Waals surface area (Å²) in [4.78, 5) is 12.0. The van der Waals surface area contributed by atoms with Crippen LogP contribution in [0.2, 0.25) is 0 Å². The number of likely N-dealkylation sites (tertiary alicyclic amines) is 1. The summed E-state index contributed by atoms with van der Waals surface area (Å²) in [6.45, 7) is 5.77. The van der Waals surface area contributed by atoms with Crippen LogP contribution in [0.15, 0.2) is 12.1 Å². The zero-order valence-electron chi connectivity index (χ0n) is 17.6. The van der Waals surface area contributed by atoms with Gasteiger partial charge in [0.15, 0.2) is 11.5 Å². The van der Waals surface area contributed by atoms with Gasteiger partial charge in [-0.15, -0.1) is 0 Å². The summed E-state index contributed by atoms with van der Waals surface area (Å²) in [6.07, 6.45) is 5.61. The van der Waals surface area contributed by atoms with E-state index in [-0.39, 0.29) is 0 Å². The number of aromatic nitrogens is 2. The highest BCUT2D eigenvalue weighted by Gasteiger charge is 2.22. The van der Waals surface area contributed by atoms with Gasteiger partial charge in [-0.05, 0) is 51.3 Å². The van der Waals surface area contributed by atoms with Crippen molar-refractivity contribution < 1.29 is 14.2 Å². The molecule has 2 aromatic rings. The van der Waals surface area contributed by atoms with Gasteiger partial charge in [0.05, 0.1) is 24.9 Å². The van der Waals surface area contributed by atoms with Crippen LogP contribution in [-0.2, 0) is 4.74 Å². The van der Waals surface area contributed by atoms with E-state index in [0.29, 0.717) is 18.5 Å². The van der Waals surface area contributed by atoms with E-state index in [1.807, 2.05) is 19.2 Å². The standard InChI is InChI=1S/C22H32N4O3/c1-23-22-24-18-15-20(29-11-5-10-26-8-3-4-9-26)19(27-2)14-17(18)21(25-22)16-6-12-28-13-7-16/h14-16H,3-13H2,1-2H3,(H,23,24,25). The van der Waals surface area contributed by atoms with Crippen LogP contribution in [0.3, 0.4) is 0 Å². The van der Waals surface area contributed by atoms with Gasteiger partial charge in [0.1, 0.15) is 0 Å². The fourth-order valence-corrected chi connectivity index (χ4v) is 4.30. The van der Waals surface area contributed by atoms with E-state index in [1.165, 1.54) is 25.9 Å². The average Bonchev–Trinajstić information content (AvgIpc) is 3.29. The lowest BCUT2D eigenvalue weighted by atomic mass is 9.93. The largest absolute Gasteiger partial charge is 0.493 e. The summed E-state index contributed by atoms with van der Waals surface area (Å²) < 4.78 is 17.3. The molecule has 3 heterocycles. The van der Waals surface area contributed by atoms with Crippen molar-refractivity contribution in [1.82, 2.24) is 14.9 Å². The SMILES string of the molecule is CNc1nc(C2CCOCC2)c2cc(OC)c(OCCCN3CCCC3)cc2n1. The molecule has 0 aliphatic carbocycles. The number of rotatable bonds is 8. The van der Waals surface area contributed by atoms with Gasteiger partial charge in [-0.2, -0.15) is 0 Å². The topological polar surface area (TPSA) is 68.7 Å². The molecular weight excluding hydrogens is 368 g/mol. The number of hydrogen-bond donors (Lipinski definition) is 1. The maximum atomic E-state index is 6.10. The first kappa shape index (κ1) is 20.2. The van der Waals surface area contributed by atoms with E-state index in [9.17, 15) is 0 Å². The van der Waals surface area contributed by atoms with E-state index in [0.717, 1.165) is 67.1 Å². The van der Waals surface area contributed by atoms with Gasteiger partial charge >= 0.3 is 0 Å². The third-order valence-electron chi connectivity index (χ3n) is 5.92. The summed E-state index contributed by atoms with van der Waals surface area (Å²) in [5, 5.41) is 4.14. The predicted octanol–water partition coefficient (Wildman–Crippen LogP) is 3.44. The lowest BCUT2D eigenvalue weighted by Gasteiger charge is -2.23. The fraction of sp³-hybridized carbons (Fsp3) is 0.636. The van der Waals surface area contributed by atoms with E-state index < -0.39 is 0 Å². The number of benzene rings is 1. The van der Waals surface area contributed by atoms with Crippen LogP contribution in [0.25, 0.3) is 10.9 Å². The summed E-state index contributed by atoms with van der Waals surface area (Å²) >= 11 is 0. The number of ether oxygens (including phenoxy) is 3. The van der Waals surface area contributed by atoms with Crippen molar-refractivity contribution in [2.45, 2.75) is 38.0 Å². The Balaban J connectivity index is 1.56. The van der Waals surface area contributed by atoms with Crippen molar-refractivity contribution in [3.8, 4) is 11.5 Å². The molecule has 0 bridgehead atoms. The van der Waals surface area contributed by atoms with Crippen molar-refractivity contribution in [2.24, 2.45) is 0 Å². The van der Waals surface area contributed by atoms with E-state index >= 15 is 0 Å². The van der Waals surface area contributed by atoms with Crippen LogP contribution < -0.4 is 14.8 Å². The van der Waals surface area contributed by atoms with E-state index in [1.54, 1.807) is 7.11 Å². The molecule has 4 rings (SSSR count). The monoisotopic (exact) mass is 400 g/mol. The second kappa shape index (κ2) is 9.59. The molecule has 1 N–H and O–H groups in total. The highest BCUT2D eigenvalue weighted by Crippen LogP contribution is 2.37. The van der Waals surface area contributed by atoms with E-state index in [2.05, 4.69) is 15.2 Å². The quantitative estimate of drug-likeness (QED) is 0.681. The number of fused-ring (bicyclic) bond motifs is 1.